The number of carbonyl (C=O) groups excluding carboxylic acids is 1. The first-order chi connectivity index (χ1) is 9.58. The zero-order chi connectivity index (χ0) is 15.2. The molecule has 1 fully saturated rings. The van der Waals surface area contributed by atoms with Crippen LogP contribution < -0.4 is 0 Å². The van der Waals surface area contributed by atoms with Crippen LogP contribution in [0.25, 0.3) is 0 Å². The van der Waals surface area contributed by atoms with E-state index in [2.05, 4.69) is 11.8 Å². The van der Waals surface area contributed by atoms with Gasteiger partial charge in [0.05, 0.1) is 18.7 Å². The Labute approximate surface area is 122 Å². The minimum Gasteiger partial charge on any atom is -0.469 e. The summed E-state index contributed by atoms with van der Waals surface area (Å²) in [5, 5.41) is 0. The number of piperidine rings is 1. The molecule has 0 amide bonds. The number of carbonyl (C=O) groups is 1. The third-order valence-electron chi connectivity index (χ3n) is 4.15. The Kier molecular flexibility index (Phi) is 7.11. The summed E-state index contributed by atoms with van der Waals surface area (Å²) >= 11 is 0. The normalized spacial score (nSPS) is 19.9. The van der Waals surface area contributed by atoms with E-state index in [1.807, 2.05) is 0 Å². The number of nitrogens with zero attached hydrogens (tertiary/aromatic N) is 1. The van der Waals surface area contributed by atoms with Crippen LogP contribution in [-0.4, -0.2) is 66.9 Å². The lowest BCUT2D eigenvalue weighted by Crippen LogP contribution is -2.62. The second-order valence-electron chi connectivity index (χ2n) is 4.97. The predicted octanol–water partition coefficient (Wildman–Crippen LogP) is 1.07. The summed E-state index contributed by atoms with van der Waals surface area (Å²) in [6.45, 7) is 3.78. The molecule has 0 aromatic carbocycles. The molecule has 0 bridgehead atoms. The Balaban J connectivity index is 2.71. The number of hydrogen-bond acceptors (Lipinski definition) is 6. The van der Waals surface area contributed by atoms with Gasteiger partial charge in [-0.2, -0.15) is 0 Å². The van der Waals surface area contributed by atoms with Crippen molar-refractivity contribution in [1.29, 1.82) is 0 Å². The van der Waals surface area contributed by atoms with Crippen molar-refractivity contribution in [2.75, 3.05) is 41.5 Å². The van der Waals surface area contributed by atoms with Gasteiger partial charge >= 0.3 is 14.8 Å². The van der Waals surface area contributed by atoms with Crippen LogP contribution in [0, 0.1) is 5.92 Å². The molecule has 0 aromatic rings. The van der Waals surface area contributed by atoms with Crippen molar-refractivity contribution >= 4 is 14.8 Å². The monoisotopic (exact) mass is 305 g/mol. The molecule has 0 aromatic heterocycles. The Bertz CT molecular complexity index is 295. The number of likely N-dealkylation sites (tertiary alicyclic amines) is 1. The zero-order valence-electron chi connectivity index (χ0n) is 13.2. The summed E-state index contributed by atoms with van der Waals surface area (Å²) in [6.07, 6.45) is 2.51. The van der Waals surface area contributed by atoms with E-state index < -0.39 is 8.80 Å². The molecule has 1 atom stereocenters. The van der Waals surface area contributed by atoms with E-state index in [0.29, 0.717) is 0 Å². The Morgan fingerprint density at radius 2 is 1.65 bits per heavy atom. The summed E-state index contributed by atoms with van der Waals surface area (Å²) < 4.78 is 21.6. The van der Waals surface area contributed by atoms with E-state index in [1.54, 1.807) is 21.3 Å². The zero-order valence-corrected chi connectivity index (χ0v) is 14.2. The lowest BCUT2D eigenvalue weighted by molar-refractivity contribution is -0.147. The van der Waals surface area contributed by atoms with Crippen LogP contribution in [0.1, 0.15) is 26.2 Å². The lowest BCUT2D eigenvalue weighted by atomic mass is 9.97. The molecular formula is C13H27NO5Si. The summed E-state index contributed by atoms with van der Waals surface area (Å²) in [7, 11) is 3.69. The van der Waals surface area contributed by atoms with E-state index in [9.17, 15) is 4.79 Å². The molecule has 20 heavy (non-hydrogen) atoms. The van der Waals surface area contributed by atoms with Crippen molar-refractivity contribution in [3.05, 3.63) is 0 Å². The van der Waals surface area contributed by atoms with Crippen LogP contribution in [0.2, 0.25) is 0 Å². The summed E-state index contributed by atoms with van der Waals surface area (Å²) in [6, 6.07) is 0. The van der Waals surface area contributed by atoms with Gasteiger partial charge in [0.25, 0.3) is 0 Å². The van der Waals surface area contributed by atoms with Crippen molar-refractivity contribution in [3.8, 4) is 0 Å². The second-order valence-corrected chi connectivity index (χ2v) is 8.07. The van der Waals surface area contributed by atoms with Gasteiger partial charge in [-0.1, -0.05) is 6.92 Å². The highest BCUT2D eigenvalue weighted by Crippen LogP contribution is 2.26. The van der Waals surface area contributed by atoms with Crippen LogP contribution in [0.4, 0.5) is 0 Å². The van der Waals surface area contributed by atoms with Gasteiger partial charge in [0, 0.05) is 21.3 Å². The van der Waals surface area contributed by atoms with Gasteiger partial charge in [-0.15, -0.1) is 0 Å². The van der Waals surface area contributed by atoms with Crippen LogP contribution in [0.3, 0.4) is 0 Å². The molecule has 118 valence electrons. The summed E-state index contributed by atoms with van der Waals surface area (Å²) in [4.78, 5) is 13.9. The van der Waals surface area contributed by atoms with Crippen LogP contribution in [-0.2, 0) is 22.8 Å². The maximum atomic E-state index is 11.6. The third kappa shape index (κ3) is 3.59. The van der Waals surface area contributed by atoms with Gasteiger partial charge in [-0.3, -0.25) is 9.69 Å². The van der Waals surface area contributed by atoms with Gasteiger partial charge in [-0.25, -0.2) is 0 Å². The maximum absolute atomic E-state index is 11.6. The molecule has 1 heterocycles. The molecule has 1 saturated heterocycles. The molecule has 0 aliphatic carbocycles. The third-order valence-corrected chi connectivity index (χ3v) is 7.45. The predicted molar refractivity (Wildman–Crippen MR) is 77.2 cm³/mol. The van der Waals surface area contributed by atoms with E-state index in [0.717, 1.165) is 32.4 Å². The SMILES string of the molecule is CCC(N1CCC(C(=O)OC)CC1)[Si](OC)(OC)OC. The van der Waals surface area contributed by atoms with Gasteiger partial charge in [0.2, 0.25) is 0 Å². The molecule has 1 rings (SSSR count). The molecule has 6 nitrogen and oxygen atoms in total. The Morgan fingerprint density at radius 1 is 1.15 bits per heavy atom. The first kappa shape index (κ1) is 17.6. The molecule has 7 heteroatoms. The minimum absolute atomic E-state index is 0.0115. The molecular weight excluding hydrogens is 278 g/mol. The van der Waals surface area contributed by atoms with Gasteiger partial charge < -0.3 is 18.0 Å². The van der Waals surface area contributed by atoms with Gasteiger partial charge in [-0.05, 0) is 32.4 Å². The van der Waals surface area contributed by atoms with Crippen molar-refractivity contribution in [2.45, 2.75) is 31.9 Å². The largest absolute Gasteiger partial charge is 0.518 e. The molecule has 0 saturated carbocycles. The molecule has 0 spiro atoms. The molecule has 0 N–H and O–H groups in total. The fraction of sp³-hybridized carbons (Fsp3) is 0.923. The van der Waals surface area contributed by atoms with E-state index in [-0.39, 0.29) is 17.6 Å². The number of ether oxygens (including phenoxy) is 1. The standard InChI is InChI=1S/C13H27NO5Si/c1-6-12(20(17-3,18-4)19-5)14-9-7-11(8-10-14)13(15)16-2/h11-12H,6-10H2,1-5H3. The molecule has 1 aliphatic rings. The van der Waals surface area contributed by atoms with Crippen LogP contribution >= 0.6 is 0 Å². The van der Waals surface area contributed by atoms with Crippen LogP contribution in [0.15, 0.2) is 0 Å². The maximum Gasteiger partial charge on any atom is 0.518 e. The molecule has 1 unspecified atom stereocenters. The first-order valence-electron chi connectivity index (χ1n) is 7.05. The fourth-order valence-electron chi connectivity index (χ4n) is 3.00. The van der Waals surface area contributed by atoms with Crippen molar-refractivity contribution < 1.29 is 22.8 Å². The summed E-state index contributed by atoms with van der Waals surface area (Å²) in [5.41, 5.74) is 0.126. The molecule has 1 aliphatic heterocycles. The average Bonchev–Trinajstić information content (AvgIpc) is 2.52. The van der Waals surface area contributed by atoms with Gasteiger partial charge in [0.1, 0.15) is 0 Å². The highest BCUT2D eigenvalue weighted by Gasteiger charge is 2.50. The molecule has 0 radical (unpaired) electrons. The quantitative estimate of drug-likeness (QED) is 0.518. The Hall–Kier alpha value is -0.473. The highest BCUT2D eigenvalue weighted by atomic mass is 28.4. The van der Waals surface area contributed by atoms with Crippen molar-refractivity contribution in [3.63, 3.8) is 0 Å². The van der Waals surface area contributed by atoms with Crippen LogP contribution in [0.5, 0.6) is 0 Å². The van der Waals surface area contributed by atoms with E-state index in [1.165, 1.54) is 7.11 Å². The number of hydrogen-bond donors (Lipinski definition) is 0. The summed E-state index contributed by atoms with van der Waals surface area (Å²) in [5.74, 6) is -0.0936. The number of methoxy groups -OCH3 is 1. The van der Waals surface area contributed by atoms with E-state index >= 15 is 0 Å². The first-order valence-corrected chi connectivity index (χ1v) is 8.86. The number of rotatable bonds is 7. The van der Waals surface area contributed by atoms with Crippen molar-refractivity contribution in [2.24, 2.45) is 5.92 Å². The van der Waals surface area contributed by atoms with E-state index in [4.69, 9.17) is 18.0 Å². The smallest absolute Gasteiger partial charge is 0.469 e. The highest BCUT2D eigenvalue weighted by molar-refractivity contribution is 6.62. The number of esters is 1. The topological polar surface area (TPSA) is 57.2 Å². The Morgan fingerprint density at radius 3 is 2.00 bits per heavy atom. The van der Waals surface area contributed by atoms with Gasteiger partial charge in [0.15, 0.2) is 0 Å². The average molecular weight is 305 g/mol. The minimum atomic E-state index is -2.68. The van der Waals surface area contributed by atoms with Crippen molar-refractivity contribution in [1.82, 2.24) is 4.90 Å². The second kappa shape index (κ2) is 8.09. The lowest BCUT2D eigenvalue weighted by Gasteiger charge is -2.42. The fourth-order valence-corrected chi connectivity index (χ4v) is 5.53.